The number of nitrogens with zero attached hydrogens (tertiary/aromatic N) is 2. The Morgan fingerprint density at radius 2 is 2.25 bits per heavy atom. The summed E-state index contributed by atoms with van der Waals surface area (Å²) in [6.07, 6.45) is 1.83. The van der Waals surface area contributed by atoms with Crippen LogP contribution in [0.1, 0.15) is 5.69 Å². The van der Waals surface area contributed by atoms with Crippen molar-refractivity contribution in [3.8, 4) is 5.75 Å². The van der Waals surface area contributed by atoms with Gasteiger partial charge in [0.05, 0.1) is 10.2 Å². The molecule has 0 amide bonds. The quantitative estimate of drug-likeness (QED) is 0.867. The van der Waals surface area contributed by atoms with Crippen molar-refractivity contribution in [1.29, 1.82) is 0 Å². The van der Waals surface area contributed by atoms with Crippen molar-refractivity contribution in [1.82, 2.24) is 9.78 Å². The number of hydrogen-bond donors (Lipinski definition) is 0. The van der Waals surface area contributed by atoms with Crippen molar-refractivity contribution in [3.63, 3.8) is 0 Å². The van der Waals surface area contributed by atoms with Gasteiger partial charge in [-0.25, -0.2) is 4.39 Å². The summed E-state index contributed by atoms with van der Waals surface area (Å²) in [4.78, 5) is 0. The summed E-state index contributed by atoms with van der Waals surface area (Å²) in [5.41, 5.74) is 0.811. The lowest BCUT2D eigenvalue weighted by Gasteiger charge is -2.04. The van der Waals surface area contributed by atoms with E-state index in [-0.39, 0.29) is 5.82 Å². The Morgan fingerprint density at radius 1 is 1.44 bits per heavy atom. The molecular formula is C11H10BrFN2O. The van der Waals surface area contributed by atoms with Crippen molar-refractivity contribution in [2.24, 2.45) is 7.05 Å². The maximum Gasteiger partial charge on any atom is 0.141 e. The molecule has 1 aromatic carbocycles. The van der Waals surface area contributed by atoms with E-state index in [2.05, 4.69) is 21.0 Å². The summed E-state index contributed by atoms with van der Waals surface area (Å²) >= 11 is 3.08. The molecule has 1 aromatic heterocycles. The van der Waals surface area contributed by atoms with Crippen LogP contribution in [0.25, 0.3) is 0 Å². The highest BCUT2D eigenvalue weighted by atomic mass is 79.9. The molecule has 0 bridgehead atoms. The first-order chi connectivity index (χ1) is 7.65. The second-order valence-corrected chi connectivity index (χ2v) is 4.20. The maximum absolute atomic E-state index is 13.2. The van der Waals surface area contributed by atoms with Gasteiger partial charge in [0.25, 0.3) is 0 Å². The molecule has 0 unspecified atom stereocenters. The van der Waals surface area contributed by atoms with Crippen LogP contribution in [-0.4, -0.2) is 9.78 Å². The third-order valence-electron chi connectivity index (χ3n) is 2.05. The summed E-state index contributed by atoms with van der Waals surface area (Å²) in [5, 5.41) is 4.15. The smallest absolute Gasteiger partial charge is 0.141 e. The molecule has 0 N–H and O–H groups in total. The third-order valence-corrected chi connectivity index (χ3v) is 2.69. The van der Waals surface area contributed by atoms with Crippen LogP contribution in [0.2, 0.25) is 0 Å². The Balaban J connectivity index is 2.02. The minimum Gasteiger partial charge on any atom is -0.487 e. The van der Waals surface area contributed by atoms with E-state index < -0.39 is 0 Å². The molecule has 84 valence electrons. The van der Waals surface area contributed by atoms with Crippen molar-refractivity contribution in [2.75, 3.05) is 0 Å². The molecule has 0 aliphatic carbocycles. The topological polar surface area (TPSA) is 27.1 Å². The summed E-state index contributed by atoms with van der Waals surface area (Å²) in [5.74, 6) is 0.157. The average molecular weight is 285 g/mol. The van der Waals surface area contributed by atoms with Crippen LogP contribution >= 0.6 is 15.9 Å². The van der Waals surface area contributed by atoms with E-state index in [1.807, 2.05) is 19.3 Å². The molecule has 0 fully saturated rings. The van der Waals surface area contributed by atoms with E-state index in [0.717, 1.165) is 5.69 Å². The molecule has 1 heterocycles. The highest BCUT2D eigenvalue weighted by Crippen LogP contribution is 2.21. The molecule has 0 saturated carbocycles. The van der Waals surface area contributed by atoms with Gasteiger partial charge >= 0.3 is 0 Å². The minimum atomic E-state index is -0.335. The summed E-state index contributed by atoms with van der Waals surface area (Å²) < 4.78 is 20.7. The SMILES string of the molecule is Cn1ccc(COc2ccc(Br)c(F)c2)n1. The lowest BCUT2D eigenvalue weighted by molar-refractivity contribution is 0.298. The molecule has 0 aliphatic heterocycles. The molecule has 2 aromatic rings. The highest BCUT2D eigenvalue weighted by molar-refractivity contribution is 9.10. The van der Waals surface area contributed by atoms with Crippen LogP contribution < -0.4 is 4.74 Å². The van der Waals surface area contributed by atoms with Gasteiger partial charge in [0.1, 0.15) is 18.2 Å². The van der Waals surface area contributed by atoms with Crippen LogP contribution in [0.4, 0.5) is 4.39 Å². The zero-order chi connectivity index (χ0) is 11.5. The monoisotopic (exact) mass is 284 g/mol. The third kappa shape index (κ3) is 2.61. The molecule has 0 saturated heterocycles. The minimum absolute atomic E-state index is 0.335. The first kappa shape index (κ1) is 11.1. The molecule has 0 radical (unpaired) electrons. The Kier molecular flexibility index (Phi) is 3.24. The van der Waals surface area contributed by atoms with E-state index >= 15 is 0 Å². The first-order valence-corrected chi connectivity index (χ1v) is 5.51. The van der Waals surface area contributed by atoms with E-state index in [0.29, 0.717) is 16.8 Å². The number of halogens is 2. The van der Waals surface area contributed by atoms with Crippen LogP contribution in [0.3, 0.4) is 0 Å². The van der Waals surface area contributed by atoms with Crippen molar-refractivity contribution >= 4 is 15.9 Å². The molecule has 5 heteroatoms. The average Bonchev–Trinajstić information content (AvgIpc) is 2.66. The Bertz CT molecular complexity index is 498. The van der Waals surface area contributed by atoms with Crippen LogP contribution in [0, 0.1) is 5.82 Å². The number of benzene rings is 1. The molecule has 16 heavy (non-hydrogen) atoms. The maximum atomic E-state index is 13.2. The van der Waals surface area contributed by atoms with Crippen molar-refractivity contribution in [2.45, 2.75) is 6.61 Å². The number of aryl methyl sites for hydroxylation is 1. The summed E-state index contributed by atoms with van der Waals surface area (Å²) in [6, 6.07) is 6.52. The van der Waals surface area contributed by atoms with E-state index in [9.17, 15) is 4.39 Å². The van der Waals surface area contributed by atoms with Crippen molar-refractivity contribution < 1.29 is 9.13 Å². The number of ether oxygens (including phenoxy) is 1. The van der Waals surface area contributed by atoms with Gasteiger partial charge in [-0.05, 0) is 34.1 Å². The molecule has 0 spiro atoms. The van der Waals surface area contributed by atoms with Gasteiger partial charge in [-0.15, -0.1) is 0 Å². The molecular weight excluding hydrogens is 275 g/mol. The van der Waals surface area contributed by atoms with Gasteiger partial charge in [-0.3, -0.25) is 4.68 Å². The van der Waals surface area contributed by atoms with Gasteiger partial charge in [0.2, 0.25) is 0 Å². The van der Waals surface area contributed by atoms with Gasteiger partial charge in [-0.1, -0.05) is 0 Å². The fourth-order valence-corrected chi connectivity index (χ4v) is 1.51. The summed E-state index contributed by atoms with van der Waals surface area (Å²) in [6.45, 7) is 0.335. The fourth-order valence-electron chi connectivity index (χ4n) is 1.26. The zero-order valence-corrected chi connectivity index (χ0v) is 10.2. The lowest BCUT2D eigenvalue weighted by atomic mass is 10.3. The van der Waals surface area contributed by atoms with E-state index in [1.54, 1.807) is 16.8 Å². The highest BCUT2D eigenvalue weighted by Gasteiger charge is 2.02. The molecule has 0 aliphatic rings. The molecule has 3 nitrogen and oxygen atoms in total. The largest absolute Gasteiger partial charge is 0.487 e. The van der Waals surface area contributed by atoms with Gasteiger partial charge in [0.15, 0.2) is 0 Å². The van der Waals surface area contributed by atoms with Crippen molar-refractivity contribution in [3.05, 3.63) is 46.4 Å². The van der Waals surface area contributed by atoms with Gasteiger partial charge < -0.3 is 4.74 Å². The molecule has 0 atom stereocenters. The van der Waals surface area contributed by atoms with Gasteiger partial charge in [0, 0.05) is 19.3 Å². The predicted molar refractivity (Wildman–Crippen MR) is 61.6 cm³/mol. The standard InChI is InChI=1S/C11H10BrFN2O/c1-15-5-4-8(14-15)7-16-9-2-3-10(12)11(13)6-9/h2-6H,7H2,1H3. The zero-order valence-electron chi connectivity index (χ0n) is 8.65. The number of rotatable bonds is 3. The van der Waals surface area contributed by atoms with Crippen LogP contribution in [0.15, 0.2) is 34.9 Å². The first-order valence-electron chi connectivity index (χ1n) is 4.71. The second kappa shape index (κ2) is 4.65. The normalized spacial score (nSPS) is 10.4. The lowest BCUT2D eigenvalue weighted by Crippen LogP contribution is -1.98. The van der Waals surface area contributed by atoms with Crippen LogP contribution in [-0.2, 0) is 13.7 Å². The van der Waals surface area contributed by atoms with E-state index in [4.69, 9.17) is 4.74 Å². The summed E-state index contributed by atoms with van der Waals surface area (Å²) in [7, 11) is 1.84. The number of aromatic nitrogens is 2. The fraction of sp³-hybridized carbons (Fsp3) is 0.182. The Hall–Kier alpha value is -1.36. The Morgan fingerprint density at radius 3 is 2.88 bits per heavy atom. The van der Waals surface area contributed by atoms with E-state index in [1.165, 1.54) is 6.07 Å². The predicted octanol–water partition coefficient (Wildman–Crippen LogP) is 2.90. The Labute approximate surface area is 101 Å². The second-order valence-electron chi connectivity index (χ2n) is 3.35. The number of hydrogen-bond acceptors (Lipinski definition) is 2. The van der Waals surface area contributed by atoms with Crippen LogP contribution in [0.5, 0.6) is 5.75 Å². The van der Waals surface area contributed by atoms with Gasteiger partial charge in [-0.2, -0.15) is 5.10 Å². The molecule has 2 rings (SSSR count).